The predicted octanol–water partition coefficient (Wildman–Crippen LogP) is 2.02. The van der Waals surface area contributed by atoms with Crippen LogP contribution in [0.2, 0.25) is 0 Å². The van der Waals surface area contributed by atoms with Crippen LogP contribution in [0, 0.1) is 11.8 Å². The predicted molar refractivity (Wildman–Crippen MR) is 58.7 cm³/mol. The van der Waals surface area contributed by atoms with Crippen molar-refractivity contribution in [1.82, 2.24) is 5.32 Å². The minimum Gasteiger partial charge on any atom is -0.481 e. The lowest BCUT2D eigenvalue weighted by molar-refractivity contribution is -0.137. The zero-order valence-electron chi connectivity index (χ0n) is 9.41. The van der Waals surface area contributed by atoms with Crippen molar-refractivity contribution in [2.24, 2.45) is 11.8 Å². The first-order chi connectivity index (χ1) is 7.16. The molecule has 0 radical (unpaired) electrons. The molecular weight excluding hydrogens is 190 g/mol. The molecule has 0 amide bonds. The van der Waals surface area contributed by atoms with Gasteiger partial charge in [0.05, 0.1) is 0 Å². The molecule has 1 atom stereocenters. The van der Waals surface area contributed by atoms with E-state index in [0.717, 1.165) is 18.3 Å². The van der Waals surface area contributed by atoms with Crippen LogP contribution in [0.3, 0.4) is 0 Å². The van der Waals surface area contributed by atoms with Crippen LogP contribution >= 0.6 is 0 Å². The molecule has 0 aromatic heterocycles. The van der Waals surface area contributed by atoms with Crippen LogP contribution in [-0.4, -0.2) is 23.2 Å². The lowest BCUT2D eigenvalue weighted by atomic mass is 10.0. The van der Waals surface area contributed by atoms with Crippen molar-refractivity contribution in [2.75, 3.05) is 0 Å². The van der Waals surface area contributed by atoms with E-state index in [9.17, 15) is 4.79 Å². The Kier molecular flexibility index (Phi) is 3.29. The molecule has 86 valence electrons. The fourth-order valence-corrected chi connectivity index (χ4v) is 2.32. The molecule has 1 unspecified atom stereocenters. The van der Waals surface area contributed by atoms with Gasteiger partial charge in [-0.1, -0.05) is 0 Å². The number of aliphatic carboxylic acids is 1. The highest BCUT2D eigenvalue weighted by Crippen LogP contribution is 2.44. The summed E-state index contributed by atoms with van der Waals surface area (Å²) in [6, 6.07) is 1.04. The van der Waals surface area contributed by atoms with Crippen LogP contribution < -0.4 is 5.32 Å². The van der Waals surface area contributed by atoms with Gasteiger partial charge in [0.25, 0.3) is 0 Å². The molecule has 2 fully saturated rings. The normalized spacial score (nSPS) is 23.1. The molecule has 3 nitrogen and oxygen atoms in total. The van der Waals surface area contributed by atoms with E-state index in [1.54, 1.807) is 0 Å². The zero-order valence-corrected chi connectivity index (χ0v) is 9.41. The molecule has 2 aliphatic rings. The van der Waals surface area contributed by atoms with Crippen molar-refractivity contribution in [1.29, 1.82) is 0 Å². The van der Waals surface area contributed by atoms with Crippen LogP contribution in [0.15, 0.2) is 0 Å². The van der Waals surface area contributed by atoms with Gasteiger partial charge in [0.1, 0.15) is 0 Å². The highest BCUT2D eigenvalue weighted by atomic mass is 16.4. The lowest BCUT2D eigenvalue weighted by Crippen LogP contribution is -2.39. The van der Waals surface area contributed by atoms with Gasteiger partial charge in [0.2, 0.25) is 0 Å². The van der Waals surface area contributed by atoms with Crippen molar-refractivity contribution in [3.63, 3.8) is 0 Å². The number of nitrogens with one attached hydrogen (secondary N) is 1. The summed E-state index contributed by atoms with van der Waals surface area (Å²) in [5.74, 6) is 1.10. The molecule has 0 aromatic rings. The highest BCUT2D eigenvalue weighted by Gasteiger charge is 2.41. The Morgan fingerprint density at radius 2 is 1.87 bits per heavy atom. The third-order valence-corrected chi connectivity index (χ3v) is 3.53. The van der Waals surface area contributed by atoms with Gasteiger partial charge < -0.3 is 10.4 Å². The quantitative estimate of drug-likeness (QED) is 0.677. The summed E-state index contributed by atoms with van der Waals surface area (Å²) >= 11 is 0. The molecule has 2 saturated carbocycles. The number of rotatable bonds is 7. The molecular formula is C12H21NO2. The van der Waals surface area contributed by atoms with E-state index in [-0.39, 0.29) is 6.42 Å². The second-order valence-corrected chi connectivity index (χ2v) is 5.20. The zero-order chi connectivity index (χ0) is 10.8. The van der Waals surface area contributed by atoms with Crippen molar-refractivity contribution < 1.29 is 9.90 Å². The minimum atomic E-state index is -0.682. The fraction of sp³-hybridized carbons (Fsp3) is 0.917. The summed E-state index contributed by atoms with van der Waals surface area (Å²) in [4.78, 5) is 10.5. The van der Waals surface area contributed by atoms with Crippen molar-refractivity contribution in [3.05, 3.63) is 0 Å². The molecule has 0 saturated heterocycles. The van der Waals surface area contributed by atoms with E-state index >= 15 is 0 Å². The first kappa shape index (κ1) is 10.9. The molecule has 0 aromatic carbocycles. The lowest BCUT2D eigenvalue weighted by Gasteiger charge is -2.22. The average Bonchev–Trinajstić information content (AvgIpc) is 3.02. The Hall–Kier alpha value is -0.570. The Morgan fingerprint density at radius 3 is 2.27 bits per heavy atom. The van der Waals surface area contributed by atoms with Crippen LogP contribution in [0.1, 0.15) is 45.4 Å². The largest absolute Gasteiger partial charge is 0.481 e. The van der Waals surface area contributed by atoms with Gasteiger partial charge in [-0.05, 0) is 50.9 Å². The standard InChI is InChI=1S/C12H21NO2/c1-8(2-7-11(14)15)13-12(9-3-4-9)10-5-6-10/h8-10,12-13H,2-7H2,1H3,(H,14,15). The summed E-state index contributed by atoms with van der Waals surface area (Å²) in [5, 5.41) is 12.2. The maximum absolute atomic E-state index is 10.5. The van der Waals surface area contributed by atoms with Gasteiger partial charge >= 0.3 is 5.97 Å². The molecule has 2 N–H and O–H groups in total. The van der Waals surface area contributed by atoms with Crippen LogP contribution in [0.5, 0.6) is 0 Å². The molecule has 0 spiro atoms. The summed E-state index contributed by atoms with van der Waals surface area (Å²) in [7, 11) is 0. The third-order valence-electron chi connectivity index (χ3n) is 3.53. The minimum absolute atomic E-state index is 0.288. The Bertz CT molecular complexity index is 222. The number of carbonyl (C=O) groups is 1. The van der Waals surface area contributed by atoms with E-state index in [1.165, 1.54) is 25.7 Å². The maximum Gasteiger partial charge on any atom is 0.303 e. The van der Waals surface area contributed by atoms with Crippen molar-refractivity contribution in [2.45, 2.75) is 57.5 Å². The second-order valence-electron chi connectivity index (χ2n) is 5.20. The smallest absolute Gasteiger partial charge is 0.303 e. The Labute approximate surface area is 91.2 Å². The Morgan fingerprint density at radius 1 is 1.33 bits per heavy atom. The first-order valence-electron chi connectivity index (χ1n) is 6.14. The molecule has 2 rings (SSSR count). The van der Waals surface area contributed by atoms with Crippen LogP contribution in [0.4, 0.5) is 0 Å². The van der Waals surface area contributed by atoms with Gasteiger partial charge in [-0.2, -0.15) is 0 Å². The van der Waals surface area contributed by atoms with Gasteiger partial charge in [-0.25, -0.2) is 0 Å². The number of hydrogen-bond donors (Lipinski definition) is 2. The van der Waals surface area contributed by atoms with E-state index in [0.29, 0.717) is 12.1 Å². The summed E-state index contributed by atoms with van der Waals surface area (Å²) in [6.07, 6.45) is 6.54. The Balaban J connectivity index is 1.70. The first-order valence-corrected chi connectivity index (χ1v) is 6.14. The molecule has 3 heteroatoms. The average molecular weight is 211 g/mol. The molecule has 0 heterocycles. The van der Waals surface area contributed by atoms with E-state index < -0.39 is 5.97 Å². The van der Waals surface area contributed by atoms with Gasteiger partial charge in [0.15, 0.2) is 0 Å². The summed E-state index contributed by atoms with van der Waals surface area (Å²) in [6.45, 7) is 2.11. The van der Waals surface area contributed by atoms with Crippen molar-refractivity contribution in [3.8, 4) is 0 Å². The molecule has 0 bridgehead atoms. The van der Waals surface area contributed by atoms with Gasteiger partial charge in [-0.3, -0.25) is 4.79 Å². The molecule has 2 aliphatic carbocycles. The molecule has 0 aliphatic heterocycles. The van der Waals surface area contributed by atoms with E-state index in [4.69, 9.17) is 5.11 Å². The summed E-state index contributed by atoms with van der Waals surface area (Å²) in [5.41, 5.74) is 0. The van der Waals surface area contributed by atoms with Gasteiger partial charge in [0, 0.05) is 18.5 Å². The van der Waals surface area contributed by atoms with Crippen molar-refractivity contribution >= 4 is 5.97 Å². The number of carboxylic acids is 1. The maximum atomic E-state index is 10.5. The van der Waals surface area contributed by atoms with E-state index in [1.807, 2.05) is 0 Å². The molecule has 15 heavy (non-hydrogen) atoms. The van der Waals surface area contributed by atoms with E-state index in [2.05, 4.69) is 12.2 Å². The monoisotopic (exact) mass is 211 g/mol. The number of hydrogen-bond acceptors (Lipinski definition) is 2. The fourth-order valence-electron chi connectivity index (χ4n) is 2.32. The van der Waals surface area contributed by atoms with Crippen LogP contribution in [-0.2, 0) is 4.79 Å². The number of carboxylic acid groups (broad SMARTS) is 1. The highest BCUT2D eigenvalue weighted by molar-refractivity contribution is 5.66. The topological polar surface area (TPSA) is 49.3 Å². The summed E-state index contributed by atoms with van der Waals surface area (Å²) < 4.78 is 0. The van der Waals surface area contributed by atoms with Gasteiger partial charge in [-0.15, -0.1) is 0 Å². The van der Waals surface area contributed by atoms with Crippen LogP contribution in [0.25, 0.3) is 0 Å². The third kappa shape index (κ3) is 3.49. The second kappa shape index (κ2) is 4.52. The SMILES string of the molecule is CC(CCC(=O)O)NC(C1CC1)C1CC1.